The Kier molecular flexibility index (Phi) is 11.5. The van der Waals surface area contributed by atoms with Gasteiger partial charge in [0, 0.05) is 28.7 Å². The molecule has 1 aliphatic heterocycles. The standard InChI is InChI=1S/C22H36N3O8PS2/c1-14(2)33-19(27)15(3)24-34(30,31-11-12-35-20(28)22(4,5)6)32-13-16-7-8-18(36-16)25-10-9-17(26)23-21(25)29/h9-10,14-16,18H,7-8,11-13H2,1-6H3,(H,24,30)(H,23,26,29). The molecule has 14 heteroatoms. The minimum Gasteiger partial charge on any atom is -0.462 e. The van der Waals surface area contributed by atoms with E-state index in [9.17, 15) is 23.7 Å². The van der Waals surface area contributed by atoms with Crippen LogP contribution in [0.4, 0.5) is 0 Å². The summed E-state index contributed by atoms with van der Waals surface area (Å²) in [5, 5.41) is 2.33. The fourth-order valence-corrected chi connectivity index (χ4v) is 7.05. The number of esters is 1. The van der Waals surface area contributed by atoms with Gasteiger partial charge in [-0.3, -0.25) is 33.0 Å². The quantitative estimate of drug-likeness (QED) is 0.219. The maximum absolute atomic E-state index is 13.5. The lowest BCUT2D eigenvalue weighted by Gasteiger charge is -2.24. The van der Waals surface area contributed by atoms with Gasteiger partial charge in [-0.2, -0.15) is 0 Å². The van der Waals surface area contributed by atoms with Crippen LogP contribution in [-0.4, -0.2) is 57.0 Å². The molecular weight excluding hydrogens is 529 g/mol. The van der Waals surface area contributed by atoms with Crippen LogP contribution in [0.25, 0.3) is 0 Å². The van der Waals surface area contributed by atoms with E-state index < -0.39 is 36.4 Å². The molecular formula is C22H36N3O8PS2. The van der Waals surface area contributed by atoms with Gasteiger partial charge in [-0.25, -0.2) is 14.4 Å². The van der Waals surface area contributed by atoms with Crippen molar-refractivity contribution < 1.29 is 27.9 Å². The Bertz CT molecular complexity index is 1070. The van der Waals surface area contributed by atoms with Gasteiger partial charge in [0.05, 0.1) is 24.7 Å². The molecule has 11 nitrogen and oxygen atoms in total. The lowest BCUT2D eigenvalue weighted by molar-refractivity contribution is -0.149. The average molecular weight is 566 g/mol. The van der Waals surface area contributed by atoms with Gasteiger partial charge >= 0.3 is 19.4 Å². The monoisotopic (exact) mass is 565 g/mol. The Morgan fingerprint density at radius 1 is 1.25 bits per heavy atom. The fourth-order valence-electron chi connectivity index (χ4n) is 3.09. The Balaban J connectivity index is 2.00. The Morgan fingerprint density at radius 3 is 2.56 bits per heavy atom. The first-order valence-corrected chi connectivity index (χ1v) is 15.2. The Labute approximate surface area is 219 Å². The molecule has 1 aromatic rings. The molecule has 204 valence electrons. The molecule has 36 heavy (non-hydrogen) atoms. The van der Waals surface area contributed by atoms with Crippen molar-refractivity contribution in [2.75, 3.05) is 19.0 Å². The van der Waals surface area contributed by atoms with Gasteiger partial charge in [0.2, 0.25) is 0 Å². The topological polar surface area (TPSA) is 146 Å². The van der Waals surface area contributed by atoms with Crippen LogP contribution in [-0.2, 0) is 27.9 Å². The smallest absolute Gasteiger partial charge is 0.406 e. The predicted molar refractivity (Wildman–Crippen MR) is 141 cm³/mol. The van der Waals surface area contributed by atoms with E-state index in [2.05, 4.69) is 10.1 Å². The van der Waals surface area contributed by atoms with Crippen molar-refractivity contribution in [3.63, 3.8) is 0 Å². The summed E-state index contributed by atoms with van der Waals surface area (Å²) < 4.78 is 31.4. The highest BCUT2D eigenvalue weighted by Gasteiger charge is 2.34. The summed E-state index contributed by atoms with van der Waals surface area (Å²) in [6.45, 7) is 10.4. The van der Waals surface area contributed by atoms with E-state index in [4.69, 9.17) is 13.8 Å². The van der Waals surface area contributed by atoms with E-state index in [1.54, 1.807) is 13.8 Å². The minimum atomic E-state index is -3.94. The molecule has 0 bridgehead atoms. The summed E-state index contributed by atoms with van der Waals surface area (Å²) in [6.07, 6.45) is 2.45. The molecule has 4 unspecified atom stereocenters. The van der Waals surface area contributed by atoms with Crippen LogP contribution in [0.3, 0.4) is 0 Å². The van der Waals surface area contributed by atoms with Gasteiger partial charge in [0.1, 0.15) is 6.04 Å². The molecule has 0 saturated carbocycles. The number of hydrogen-bond acceptors (Lipinski definition) is 10. The summed E-state index contributed by atoms with van der Waals surface area (Å²) in [4.78, 5) is 50.0. The zero-order chi connectivity index (χ0) is 27.1. The Hall–Kier alpha value is -1.37. The summed E-state index contributed by atoms with van der Waals surface area (Å²) in [6, 6.07) is 0.337. The van der Waals surface area contributed by atoms with Crippen molar-refractivity contribution in [2.45, 2.75) is 77.2 Å². The number of ether oxygens (including phenoxy) is 1. The molecule has 2 N–H and O–H groups in total. The minimum absolute atomic E-state index is 0.0189. The van der Waals surface area contributed by atoms with Crippen molar-refractivity contribution in [3.05, 3.63) is 33.1 Å². The molecule has 0 aliphatic carbocycles. The molecule has 2 heterocycles. The van der Waals surface area contributed by atoms with E-state index in [1.807, 2.05) is 20.8 Å². The second-order valence-corrected chi connectivity index (χ2v) is 14.0. The zero-order valence-electron chi connectivity index (χ0n) is 21.5. The molecule has 0 amide bonds. The van der Waals surface area contributed by atoms with E-state index in [-0.39, 0.29) is 40.8 Å². The number of thioether (sulfide) groups is 2. The van der Waals surface area contributed by atoms with Crippen molar-refractivity contribution in [1.82, 2.24) is 14.6 Å². The molecule has 1 aromatic heterocycles. The van der Waals surface area contributed by atoms with Crippen LogP contribution in [0.5, 0.6) is 0 Å². The van der Waals surface area contributed by atoms with E-state index >= 15 is 0 Å². The second kappa shape index (κ2) is 13.4. The third-order valence-electron chi connectivity index (χ3n) is 4.92. The highest BCUT2D eigenvalue weighted by atomic mass is 32.2. The van der Waals surface area contributed by atoms with E-state index in [0.717, 1.165) is 11.8 Å². The number of hydrogen-bond donors (Lipinski definition) is 2. The van der Waals surface area contributed by atoms with Crippen LogP contribution in [0, 0.1) is 5.41 Å². The number of carbonyl (C=O) groups is 2. The molecule has 1 aliphatic rings. The molecule has 0 spiro atoms. The van der Waals surface area contributed by atoms with Crippen LogP contribution in [0.1, 0.15) is 59.8 Å². The lowest BCUT2D eigenvalue weighted by atomic mass is 10.00. The largest absolute Gasteiger partial charge is 0.462 e. The molecule has 1 saturated heterocycles. The molecule has 4 atom stereocenters. The second-order valence-electron chi connectivity index (χ2n) is 9.66. The lowest BCUT2D eigenvalue weighted by Crippen LogP contribution is -2.36. The highest BCUT2D eigenvalue weighted by molar-refractivity contribution is 8.13. The van der Waals surface area contributed by atoms with Gasteiger partial charge in [0.25, 0.3) is 5.56 Å². The van der Waals surface area contributed by atoms with Gasteiger partial charge < -0.3 is 4.74 Å². The fraction of sp³-hybridized carbons (Fsp3) is 0.727. The van der Waals surface area contributed by atoms with Gasteiger partial charge in [-0.1, -0.05) is 32.5 Å². The molecule has 1 fully saturated rings. The van der Waals surface area contributed by atoms with Crippen LogP contribution < -0.4 is 16.3 Å². The maximum Gasteiger partial charge on any atom is 0.406 e. The Morgan fingerprint density at radius 2 is 1.94 bits per heavy atom. The first-order chi connectivity index (χ1) is 16.7. The highest BCUT2D eigenvalue weighted by Crippen LogP contribution is 2.48. The predicted octanol–water partition coefficient (Wildman–Crippen LogP) is 3.31. The molecule has 2 rings (SSSR count). The maximum atomic E-state index is 13.5. The number of rotatable bonds is 12. The van der Waals surface area contributed by atoms with Crippen molar-refractivity contribution in [2.24, 2.45) is 5.41 Å². The normalized spacial score (nSPS) is 20.8. The van der Waals surface area contributed by atoms with E-state index in [0.29, 0.717) is 12.8 Å². The van der Waals surface area contributed by atoms with Gasteiger partial charge in [-0.05, 0) is 33.6 Å². The van der Waals surface area contributed by atoms with Crippen LogP contribution >= 0.6 is 31.3 Å². The number of aromatic nitrogens is 2. The third-order valence-corrected chi connectivity index (χ3v) is 9.42. The summed E-state index contributed by atoms with van der Waals surface area (Å²) in [5.41, 5.74) is -1.46. The third kappa shape index (κ3) is 9.83. The van der Waals surface area contributed by atoms with Crippen molar-refractivity contribution in [3.8, 4) is 0 Å². The number of H-pyrrole nitrogens is 1. The SMILES string of the molecule is CC(C)OC(=O)C(C)NP(=O)(OCCSC(=O)C(C)(C)C)OCC1CCC(n2ccc(=O)[nH]c2=O)S1. The zero-order valence-corrected chi connectivity index (χ0v) is 24.0. The number of aromatic amines is 1. The number of nitrogens with one attached hydrogen (secondary N) is 2. The van der Waals surface area contributed by atoms with Crippen molar-refractivity contribution >= 4 is 42.4 Å². The summed E-state index contributed by atoms with van der Waals surface area (Å²) >= 11 is 2.54. The van der Waals surface area contributed by atoms with Crippen LogP contribution in [0.2, 0.25) is 0 Å². The summed E-state index contributed by atoms with van der Waals surface area (Å²) in [7, 11) is -3.94. The molecule has 0 aromatic carbocycles. The molecule has 0 radical (unpaired) electrons. The average Bonchev–Trinajstić information content (AvgIpc) is 3.23. The number of nitrogens with zero attached hydrogens (tertiary/aromatic N) is 1. The van der Waals surface area contributed by atoms with Crippen molar-refractivity contribution in [1.29, 1.82) is 0 Å². The summed E-state index contributed by atoms with van der Waals surface area (Å²) in [5.74, 6) is -0.326. The van der Waals surface area contributed by atoms with Gasteiger partial charge in [-0.15, -0.1) is 11.8 Å². The van der Waals surface area contributed by atoms with E-state index in [1.165, 1.54) is 35.5 Å². The number of carbonyl (C=O) groups excluding carboxylic acids is 2. The first-order valence-electron chi connectivity index (χ1n) is 11.7. The first kappa shape index (κ1) is 30.9. The van der Waals surface area contributed by atoms with Gasteiger partial charge in [0.15, 0.2) is 5.12 Å². The van der Waals surface area contributed by atoms with Crippen LogP contribution in [0.15, 0.2) is 21.9 Å².